The lowest BCUT2D eigenvalue weighted by atomic mass is 10.0. The first-order chi connectivity index (χ1) is 15.2. The molecule has 0 radical (unpaired) electrons. The van der Waals surface area contributed by atoms with E-state index in [1.165, 1.54) is 44.5 Å². The normalized spacial score (nSPS) is 10.9. The Bertz CT molecular complexity index is 993. The van der Waals surface area contributed by atoms with Gasteiger partial charge >= 0.3 is 0 Å². The van der Waals surface area contributed by atoms with E-state index in [1.807, 2.05) is 0 Å². The monoisotopic (exact) mass is 534 g/mol. The fraction of sp³-hybridized carbons (Fsp3) is 0.143. The van der Waals surface area contributed by atoms with E-state index in [0.717, 1.165) is 10.7 Å². The molecular weight excluding hydrogens is 512 g/mol. The van der Waals surface area contributed by atoms with Crippen LogP contribution in [0.5, 0.6) is 0 Å². The summed E-state index contributed by atoms with van der Waals surface area (Å²) in [6, 6.07) is 34.5. The maximum absolute atomic E-state index is 5.95. The van der Waals surface area contributed by atoms with Gasteiger partial charge in [0, 0.05) is 10.7 Å². The molecule has 0 saturated carbocycles. The van der Waals surface area contributed by atoms with Gasteiger partial charge in [0.25, 0.3) is 0 Å². The van der Waals surface area contributed by atoms with Crippen LogP contribution in [0.3, 0.4) is 0 Å². The second kappa shape index (κ2) is 10.9. The third-order valence-corrected chi connectivity index (χ3v) is 6.62. The molecule has 3 heteroatoms. The van der Waals surface area contributed by atoms with Crippen LogP contribution in [0.4, 0.5) is 0 Å². The summed E-state index contributed by atoms with van der Waals surface area (Å²) in [7, 11) is 0. The Balaban J connectivity index is 1.30. The molecule has 0 spiro atoms. The van der Waals surface area contributed by atoms with Gasteiger partial charge in [-0.25, -0.2) is 0 Å². The molecule has 0 unspecified atom stereocenters. The minimum absolute atomic E-state index is 0.610. The van der Waals surface area contributed by atoms with Crippen LogP contribution in [-0.4, -0.2) is 0 Å². The summed E-state index contributed by atoms with van der Waals surface area (Å²) in [4.78, 5) is 0. The third kappa shape index (κ3) is 5.94. The molecule has 0 amide bonds. The first kappa shape index (κ1) is 22.0. The van der Waals surface area contributed by atoms with Gasteiger partial charge in [-0.05, 0) is 44.5 Å². The van der Waals surface area contributed by atoms with Gasteiger partial charge in [-0.2, -0.15) is 0 Å². The van der Waals surface area contributed by atoms with Crippen LogP contribution >= 0.6 is 31.9 Å². The molecule has 4 aromatic rings. The van der Waals surface area contributed by atoms with Crippen molar-refractivity contribution in [3.8, 4) is 22.3 Å². The van der Waals surface area contributed by atoms with Crippen LogP contribution in [0.25, 0.3) is 22.3 Å². The molecule has 0 N–H and O–H groups in total. The minimum Gasteiger partial charge on any atom is -0.372 e. The summed E-state index contributed by atoms with van der Waals surface area (Å²) in [5.41, 5.74) is 9.87. The van der Waals surface area contributed by atoms with Gasteiger partial charge in [0.2, 0.25) is 0 Å². The van der Waals surface area contributed by atoms with Crippen LogP contribution in [0, 0.1) is 0 Å². The van der Waals surface area contributed by atoms with Gasteiger partial charge < -0.3 is 4.74 Å². The topological polar surface area (TPSA) is 9.23 Å². The van der Waals surface area contributed by atoms with Gasteiger partial charge in [-0.15, -0.1) is 0 Å². The predicted octanol–water partition coefficient (Wildman–Crippen LogP) is 8.53. The van der Waals surface area contributed by atoms with E-state index in [9.17, 15) is 0 Å². The first-order valence-electron chi connectivity index (χ1n) is 10.3. The molecule has 0 atom stereocenters. The van der Waals surface area contributed by atoms with E-state index in [2.05, 4.69) is 129 Å². The Kier molecular flexibility index (Phi) is 7.74. The van der Waals surface area contributed by atoms with Crippen LogP contribution in [-0.2, 0) is 28.6 Å². The molecule has 156 valence electrons. The number of benzene rings is 4. The predicted molar refractivity (Wildman–Crippen MR) is 138 cm³/mol. The lowest BCUT2D eigenvalue weighted by molar-refractivity contribution is 0.107. The van der Waals surface area contributed by atoms with Crippen molar-refractivity contribution in [2.45, 2.75) is 23.9 Å². The van der Waals surface area contributed by atoms with Crippen LogP contribution < -0.4 is 0 Å². The molecule has 0 aromatic heterocycles. The van der Waals surface area contributed by atoms with E-state index < -0.39 is 0 Å². The molecule has 0 aliphatic rings. The summed E-state index contributed by atoms with van der Waals surface area (Å²) in [5, 5.41) is 1.77. The zero-order valence-corrected chi connectivity index (χ0v) is 20.4. The summed E-state index contributed by atoms with van der Waals surface area (Å²) < 4.78 is 5.95. The molecule has 0 saturated heterocycles. The molecule has 0 heterocycles. The van der Waals surface area contributed by atoms with Crippen LogP contribution in [0.2, 0.25) is 0 Å². The van der Waals surface area contributed by atoms with Crippen LogP contribution in [0.1, 0.15) is 22.3 Å². The quantitative estimate of drug-likeness (QED) is 0.205. The summed E-state index contributed by atoms with van der Waals surface area (Å²) in [6.07, 6.45) is 0. The maximum atomic E-state index is 5.95. The van der Waals surface area contributed by atoms with Crippen LogP contribution in [0.15, 0.2) is 97.1 Å². The fourth-order valence-electron chi connectivity index (χ4n) is 3.45. The highest BCUT2D eigenvalue weighted by atomic mass is 79.9. The zero-order valence-electron chi connectivity index (χ0n) is 17.2. The first-order valence-corrected chi connectivity index (χ1v) is 12.6. The fourth-order valence-corrected chi connectivity index (χ4v) is 4.19. The van der Waals surface area contributed by atoms with Gasteiger partial charge in [-0.1, -0.05) is 129 Å². The zero-order chi connectivity index (χ0) is 21.5. The van der Waals surface area contributed by atoms with Gasteiger partial charge in [0.15, 0.2) is 0 Å². The lowest BCUT2D eigenvalue weighted by Gasteiger charge is -2.08. The Morgan fingerprint density at radius 2 is 0.645 bits per heavy atom. The number of halogens is 2. The Labute approximate surface area is 201 Å². The summed E-state index contributed by atoms with van der Waals surface area (Å²) in [6.45, 7) is 1.22. The highest BCUT2D eigenvalue weighted by Gasteiger charge is 2.02. The SMILES string of the molecule is BrCc1ccc(-c2ccc(COCc3ccc(-c4ccc(CBr)cc4)cc3)cc2)cc1. The van der Waals surface area contributed by atoms with Crippen molar-refractivity contribution in [2.75, 3.05) is 0 Å². The minimum atomic E-state index is 0.610. The molecule has 4 aromatic carbocycles. The van der Waals surface area contributed by atoms with Crippen molar-refractivity contribution in [1.82, 2.24) is 0 Å². The second-order valence-corrected chi connectivity index (χ2v) is 8.67. The Morgan fingerprint density at radius 1 is 0.387 bits per heavy atom. The highest BCUT2D eigenvalue weighted by molar-refractivity contribution is 9.08. The molecule has 0 aliphatic heterocycles. The average Bonchev–Trinajstić information content (AvgIpc) is 2.85. The van der Waals surface area contributed by atoms with Crippen molar-refractivity contribution < 1.29 is 4.74 Å². The van der Waals surface area contributed by atoms with Gasteiger partial charge in [-0.3, -0.25) is 0 Å². The average molecular weight is 536 g/mol. The molecule has 1 nitrogen and oxygen atoms in total. The number of hydrogen-bond donors (Lipinski definition) is 0. The largest absolute Gasteiger partial charge is 0.372 e. The van der Waals surface area contributed by atoms with Crippen molar-refractivity contribution >= 4 is 31.9 Å². The Hall–Kier alpha value is -2.20. The second-order valence-electron chi connectivity index (χ2n) is 7.55. The van der Waals surface area contributed by atoms with E-state index >= 15 is 0 Å². The molecular formula is C28H24Br2O. The molecule has 31 heavy (non-hydrogen) atoms. The van der Waals surface area contributed by atoms with Gasteiger partial charge in [0.1, 0.15) is 0 Å². The lowest BCUT2D eigenvalue weighted by Crippen LogP contribution is -1.94. The summed E-state index contributed by atoms with van der Waals surface area (Å²) >= 11 is 6.98. The standard InChI is InChI=1S/C28H24Br2O/c29-17-21-1-9-25(10-2-21)27-13-5-23(6-14-27)19-31-20-24-7-15-28(16-8-24)26-11-3-22(18-30)4-12-26/h1-16H,17-20H2. The van der Waals surface area contributed by atoms with Gasteiger partial charge in [0.05, 0.1) is 13.2 Å². The van der Waals surface area contributed by atoms with E-state index in [0.29, 0.717) is 13.2 Å². The van der Waals surface area contributed by atoms with Crippen molar-refractivity contribution in [2.24, 2.45) is 0 Å². The summed E-state index contributed by atoms with van der Waals surface area (Å²) in [5.74, 6) is 0. The van der Waals surface area contributed by atoms with E-state index in [-0.39, 0.29) is 0 Å². The third-order valence-electron chi connectivity index (χ3n) is 5.33. The number of alkyl halides is 2. The molecule has 0 bridgehead atoms. The highest BCUT2D eigenvalue weighted by Crippen LogP contribution is 2.23. The smallest absolute Gasteiger partial charge is 0.0721 e. The number of hydrogen-bond acceptors (Lipinski definition) is 1. The van der Waals surface area contributed by atoms with E-state index in [1.54, 1.807) is 0 Å². The molecule has 0 aliphatic carbocycles. The van der Waals surface area contributed by atoms with Crippen molar-refractivity contribution in [3.63, 3.8) is 0 Å². The molecule has 4 rings (SSSR count). The number of ether oxygens (including phenoxy) is 1. The van der Waals surface area contributed by atoms with E-state index in [4.69, 9.17) is 4.74 Å². The maximum Gasteiger partial charge on any atom is 0.0721 e. The number of rotatable bonds is 8. The van der Waals surface area contributed by atoms with Crippen molar-refractivity contribution in [3.05, 3.63) is 119 Å². The Morgan fingerprint density at radius 3 is 0.903 bits per heavy atom. The van der Waals surface area contributed by atoms with Crippen molar-refractivity contribution in [1.29, 1.82) is 0 Å². The molecule has 0 fully saturated rings.